The van der Waals surface area contributed by atoms with Crippen molar-refractivity contribution in [1.29, 1.82) is 0 Å². The van der Waals surface area contributed by atoms with Crippen LogP contribution in [0.2, 0.25) is 0 Å². The van der Waals surface area contributed by atoms with E-state index in [2.05, 4.69) is 66.0 Å². The standard InChI is InChI=1S/C27H26N4OS/c1-17-10-4-5-12-22(17)30-18(2)16-20(19(30)3)26-25(21-11-8-9-15-28-21)29-27(33)31(26)23-13-6-7-14-24(23)32/h4-16,25-26,32H,1-3H3,(H,29,33). The van der Waals surface area contributed by atoms with E-state index in [4.69, 9.17) is 12.2 Å². The third kappa shape index (κ3) is 3.56. The van der Waals surface area contributed by atoms with Gasteiger partial charge in [0.05, 0.1) is 23.5 Å². The molecule has 0 spiro atoms. The highest BCUT2D eigenvalue weighted by molar-refractivity contribution is 7.80. The molecule has 1 fully saturated rings. The summed E-state index contributed by atoms with van der Waals surface area (Å²) in [5.41, 5.74) is 7.39. The first-order valence-electron chi connectivity index (χ1n) is 11.0. The SMILES string of the molecule is Cc1ccccc1-n1c(C)cc(C2C(c3ccccn3)NC(=S)N2c2ccccc2O)c1C. The molecule has 1 aliphatic heterocycles. The second-order valence-electron chi connectivity index (χ2n) is 8.43. The fourth-order valence-corrected chi connectivity index (χ4v) is 5.21. The zero-order chi connectivity index (χ0) is 23.1. The molecule has 1 saturated heterocycles. The van der Waals surface area contributed by atoms with Crippen LogP contribution in [-0.4, -0.2) is 19.8 Å². The van der Waals surface area contributed by atoms with Crippen LogP contribution in [0, 0.1) is 20.8 Å². The van der Waals surface area contributed by atoms with Gasteiger partial charge in [-0.05, 0) is 80.5 Å². The second kappa shape index (κ2) is 8.37. The summed E-state index contributed by atoms with van der Waals surface area (Å²) in [5, 5.41) is 14.7. The number of phenols is 1. The minimum atomic E-state index is -0.176. The van der Waals surface area contributed by atoms with Crippen LogP contribution in [-0.2, 0) is 0 Å². The van der Waals surface area contributed by atoms with Gasteiger partial charge in [-0.15, -0.1) is 0 Å². The van der Waals surface area contributed by atoms with Crippen LogP contribution in [0.15, 0.2) is 79.0 Å². The van der Waals surface area contributed by atoms with Gasteiger partial charge in [-0.25, -0.2) is 0 Å². The average Bonchev–Trinajstić information content (AvgIpc) is 3.30. The first-order valence-corrected chi connectivity index (χ1v) is 11.4. The highest BCUT2D eigenvalue weighted by Gasteiger charge is 2.43. The van der Waals surface area contributed by atoms with Crippen molar-refractivity contribution in [3.63, 3.8) is 0 Å². The van der Waals surface area contributed by atoms with E-state index in [1.165, 1.54) is 5.56 Å². The number of pyridine rings is 1. The van der Waals surface area contributed by atoms with Gasteiger partial charge >= 0.3 is 0 Å². The number of para-hydroxylation sites is 3. The Morgan fingerprint density at radius 3 is 2.30 bits per heavy atom. The maximum atomic E-state index is 10.7. The summed E-state index contributed by atoms with van der Waals surface area (Å²) in [6.07, 6.45) is 1.80. The third-order valence-corrected chi connectivity index (χ3v) is 6.70. The number of rotatable bonds is 4. The van der Waals surface area contributed by atoms with E-state index in [1.54, 1.807) is 12.3 Å². The average molecular weight is 455 g/mol. The lowest BCUT2D eigenvalue weighted by Gasteiger charge is -2.28. The Labute approximate surface area is 199 Å². The van der Waals surface area contributed by atoms with Crippen LogP contribution in [0.25, 0.3) is 5.69 Å². The summed E-state index contributed by atoms with van der Waals surface area (Å²) in [7, 11) is 0. The molecule has 2 aromatic heterocycles. The topological polar surface area (TPSA) is 53.3 Å². The van der Waals surface area contributed by atoms with Crippen LogP contribution >= 0.6 is 12.2 Å². The number of aromatic hydroxyl groups is 1. The number of thiocarbonyl (C=S) groups is 1. The van der Waals surface area contributed by atoms with Crippen LogP contribution in [0.1, 0.15) is 40.3 Å². The molecule has 2 atom stereocenters. The van der Waals surface area contributed by atoms with Gasteiger partial charge in [0.1, 0.15) is 5.75 Å². The van der Waals surface area contributed by atoms with Crippen molar-refractivity contribution in [1.82, 2.24) is 14.9 Å². The lowest BCUT2D eigenvalue weighted by Crippen LogP contribution is -2.29. The largest absolute Gasteiger partial charge is 0.506 e. The van der Waals surface area contributed by atoms with Crippen molar-refractivity contribution < 1.29 is 5.11 Å². The number of hydrogen-bond acceptors (Lipinski definition) is 3. The molecule has 0 saturated carbocycles. The zero-order valence-corrected chi connectivity index (χ0v) is 19.7. The highest BCUT2D eigenvalue weighted by atomic mass is 32.1. The molecule has 5 nitrogen and oxygen atoms in total. The summed E-state index contributed by atoms with van der Waals surface area (Å²) in [4.78, 5) is 6.66. The minimum Gasteiger partial charge on any atom is -0.506 e. The molecule has 166 valence electrons. The van der Waals surface area contributed by atoms with E-state index in [0.717, 1.165) is 28.3 Å². The van der Waals surface area contributed by atoms with Crippen molar-refractivity contribution in [2.75, 3.05) is 4.90 Å². The Bertz CT molecular complexity index is 1330. The van der Waals surface area contributed by atoms with Crippen molar-refractivity contribution in [2.24, 2.45) is 0 Å². The van der Waals surface area contributed by atoms with Crippen molar-refractivity contribution in [2.45, 2.75) is 32.9 Å². The van der Waals surface area contributed by atoms with Gasteiger partial charge < -0.3 is 19.9 Å². The lowest BCUT2D eigenvalue weighted by atomic mass is 9.96. The van der Waals surface area contributed by atoms with Gasteiger partial charge in [-0.2, -0.15) is 0 Å². The van der Waals surface area contributed by atoms with Gasteiger partial charge in [0, 0.05) is 23.3 Å². The smallest absolute Gasteiger partial charge is 0.174 e. The summed E-state index contributed by atoms with van der Waals surface area (Å²) in [5.74, 6) is 0.195. The fourth-order valence-electron chi connectivity index (χ4n) is 4.87. The van der Waals surface area contributed by atoms with E-state index >= 15 is 0 Å². The number of anilines is 1. The Hall–Kier alpha value is -3.64. The van der Waals surface area contributed by atoms with E-state index < -0.39 is 0 Å². The van der Waals surface area contributed by atoms with Crippen molar-refractivity contribution >= 4 is 23.0 Å². The molecule has 0 bridgehead atoms. The minimum absolute atomic E-state index is 0.163. The van der Waals surface area contributed by atoms with Gasteiger partial charge in [0.15, 0.2) is 5.11 Å². The van der Waals surface area contributed by atoms with Crippen LogP contribution in [0.5, 0.6) is 5.75 Å². The molecule has 0 radical (unpaired) electrons. The lowest BCUT2D eigenvalue weighted by molar-refractivity contribution is 0.472. The Balaban J connectivity index is 1.71. The summed E-state index contributed by atoms with van der Waals surface area (Å²) in [6.45, 7) is 6.41. The van der Waals surface area contributed by atoms with Crippen molar-refractivity contribution in [3.8, 4) is 11.4 Å². The number of aromatic nitrogens is 2. The summed E-state index contributed by atoms with van der Waals surface area (Å²) >= 11 is 5.80. The number of aryl methyl sites for hydroxylation is 2. The van der Waals surface area contributed by atoms with E-state index in [-0.39, 0.29) is 17.8 Å². The van der Waals surface area contributed by atoms with Crippen LogP contribution < -0.4 is 10.2 Å². The monoisotopic (exact) mass is 454 g/mol. The van der Waals surface area contributed by atoms with E-state index in [1.807, 2.05) is 41.3 Å². The molecule has 33 heavy (non-hydrogen) atoms. The summed E-state index contributed by atoms with van der Waals surface area (Å²) < 4.78 is 2.30. The second-order valence-corrected chi connectivity index (χ2v) is 8.82. The number of phenolic OH excluding ortho intramolecular Hbond substituents is 1. The Kier molecular flexibility index (Phi) is 5.38. The van der Waals surface area contributed by atoms with Crippen LogP contribution in [0.3, 0.4) is 0 Å². The quantitative estimate of drug-likeness (QED) is 0.389. The van der Waals surface area contributed by atoms with Gasteiger partial charge in [0.2, 0.25) is 0 Å². The Morgan fingerprint density at radius 2 is 1.61 bits per heavy atom. The highest BCUT2D eigenvalue weighted by Crippen LogP contribution is 2.45. The normalized spacial score (nSPS) is 17.9. The molecule has 0 amide bonds. The van der Waals surface area contributed by atoms with Gasteiger partial charge in [-0.3, -0.25) is 4.98 Å². The molecule has 3 heterocycles. The molecule has 4 aromatic rings. The molecule has 2 aromatic carbocycles. The zero-order valence-electron chi connectivity index (χ0n) is 18.9. The first kappa shape index (κ1) is 21.2. The fraction of sp³-hybridized carbons (Fsp3) is 0.185. The van der Waals surface area contributed by atoms with E-state index in [0.29, 0.717) is 10.8 Å². The molecule has 1 aliphatic rings. The van der Waals surface area contributed by atoms with Crippen LogP contribution in [0.4, 0.5) is 5.69 Å². The van der Waals surface area contributed by atoms with E-state index in [9.17, 15) is 5.11 Å². The first-order chi connectivity index (χ1) is 16.0. The molecular formula is C27H26N4OS. The molecule has 5 rings (SSSR count). The third-order valence-electron chi connectivity index (χ3n) is 6.38. The Morgan fingerprint density at radius 1 is 0.909 bits per heavy atom. The molecule has 2 unspecified atom stereocenters. The maximum Gasteiger partial charge on any atom is 0.174 e. The maximum absolute atomic E-state index is 10.7. The number of benzene rings is 2. The predicted octanol–water partition coefficient (Wildman–Crippen LogP) is 5.68. The number of nitrogens with one attached hydrogen (secondary N) is 1. The number of hydrogen-bond donors (Lipinski definition) is 2. The molecular weight excluding hydrogens is 428 g/mol. The number of nitrogens with zero attached hydrogens (tertiary/aromatic N) is 3. The van der Waals surface area contributed by atoms with Crippen molar-refractivity contribution in [3.05, 3.63) is 107 Å². The molecule has 0 aliphatic carbocycles. The predicted molar refractivity (Wildman–Crippen MR) is 136 cm³/mol. The molecule has 6 heteroatoms. The van der Waals surface area contributed by atoms with Gasteiger partial charge in [-0.1, -0.05) is 36.4 Å². The molecule has 2 N–H and O–H groups in total. The summed E-state index contributed by atoms with van der Waals surface area (Å²) in [6, 6.07) is 23.5. The van der Waals surface area contributed by atoms with Gasteiger partial charge in [0.25, 0.3) is 0 Å².